The zero-order valence-corrected chi connectivity index (χ0v) is 20.4. The van der Waals surface area contributed by atoms with Crippen LogP contribution in [0.1, 0.15) is 64.9 Å². The molecule has 0 atom stereocenters. The summed E-state index contributed by atoms with van der Waals surface area (Å²) in [6.45, 7) is 8.84. The molecule has 3 N–H and O–H groups in total. The predicted octanol–water partition coefficient (Wildman–Crippen LogP) is 3.78. The minimum atomic E-state index is -0.509. The Morgan fingerprint density at radius 3 is 2.41 bits per heavy atom. The molecule has 3 aromatic rings. The van der Waals surface area contributed by atoms with Crippen molar-refractivity contribution in [2.45, 2.75) is 76.4 Å². The van der Waals surface area contributed by atoms with E-state index in [9.17, 15) is 0 Å². The molecule has 0 unspecified atom stereocenters. The second-order valence-corrected chi connectivity index (χ2v) is 10.8. The molecule has 9 nitrogen and oxygen atoms in total. The minimum Gasteiger partial charge on any atom is -0.368 e. The molecule has 1 saturated carbocycles. The average Bonchev–Trinajstić information content (AvgIpc) is 3.47. The summed E-state index contributed by atoms with van der Waals surface area (Å²) in [5.41, 5.74) is 8.70. The summed E-state index contributed by atoms with van der Waals surface area (Å²) in [6.07, 6.45) is 5.50. The van der Waals surface area contributed by atoms with E-state index in [1.807, 2.05) is 18.2 Å². The molecule has 10 heteroatoms. The Hall–Kier alpha value is -3.14. The van der Waals surface area contributed by atoms with Gasteiger partial charge in [-0.05, 0) is 88.4 Å². The number of aromatic nitrogens is 6. The Kier molecular flexibility index (Phi) is 5.31. The van der Waals surface area contributed by atoms with Gasteiger partial charge in [-0.25, -0.2) is 14.1 Å². The normalized spacial score (nSPS) is 20.4. The molecule has 1 saturated heterocycles. The first kappa shape index (κ1) is 22.6. The summed E-state index contributed by atoms with van der Waals surface area (Å²) in [4.78, 5) is 10.9. The number of benzene rings is 1. The molecule has 0 amide bonds. The van der Waals surface area contributed by atoms with Crippen LogP contribution in [0.2, 0.25) is 0 Å². The number of nitrogens with one attached hydrogen (secondary N) is 1. The van der Waals surface area contributed by atoms with Crippen LogP contribution in [0.3, 0.4) is 0 Å². The average molecular weight is 466 g/mol. The Balaban J connectivity index is 1.50. The summed E-state index contributed by atoms with van der Waals surface area (Å²) in [5.74, 6) is 0.131. The fraction of sp³-hybridized carbons (Fsp3) is 0.542. The van der Waals surface area contributed by atoms with E-state index in [1.165, 1.54) is 0 Å². The van der Waals surface area contributed by atoms with E-state index >= 15 is 4.39 Å². The van der Waals surface area contributed by atoms with Crippen LogP contribution in [0.4, 0.5) is 16.2 Å². The van der Waals surface area contributed by atoms with E-state index in [0.717, 1.165) is 36.9 Å². The number of tetrazole rings is 1. The number of rotatable bonds is 5. The number of hydrogen-bond acceptors (Lipinski definition) is 8. The smallest absolute Gasteiger partial charge is 0.222 e. The summed E-state index contributed by atoms with van der Waals surface area (Å²) >= 11 is 0. The van der Waals surface area contributed by atoms with Gasteiger partial charge >= 0.3 is 0 Å². The van der Waals surface area contributed by atoms with Crippen molar-refractivity contribution in [3.8, 4) is 16.9 Å². The summed E-state index contributed by atoms with van der Waals surface area (Å²) < 4.78 is 17.4. The lowest BCUT2D eigenvalue weighted by atomic mass is 9.77. The summed E-state index contributed by atoms with van der Waals surface area (Å²) in [7, 11) is 2.14. The number of anilines is 2. The molecule has 1 aromatic carbocycles. The van der Waals surface area contributed by atoms with Crippen molar-refractivity contribution in [2.75, 3.05) is 18.1 Å². The lowest BCUT2D eigenvalue weighted by Gasteiger charge is -2.53. The molecule has 0 bridgehead atoms. The molecule has 3 heterocycles. The quantitative estimate of drug-likeness (QED) is 0.586. The maximum Gasteiger partial charge on any atom is 0.222 e. The van der Waals surface area contributed by atoms with Crippen molar-refractivity contribution < 1.29 is 4.39 Å². The zero-order valence-electron chi connectivity index (χ0n) is 20.4. The maximum atomic E-state index is 15.8. The van der Waals surface area contributed by atoms with Gasteiger partial charge in [-0.15, -0.1) is 5.10 Å². The number of nitrogen functional groups attached to an aromatic ring is 1. The molecule has 5 rings (SSSR count). The highest BCUT2D eigenvalue weighted by Gasteiger charge is 2.43. The molecule has 2 aromatic heterocycles. The van der Waals surface area contributed by atoms with Gasteiger partial charge in [-0.2, -0.15) is 4.98 Å². The molecule has 34 heavy (non-hydrogen) atoms. The van der Waals surface area contributed by atoms with Crippen LogP contribution in [0.5, 0.6) is 0 Å². The molecule has 2 fully saturated rings. The summed E-state index contributed by atoms with van der Waals surface area (Å²) in [5, 5.41) is 14.9. The number of nitrogens with two attached hydrogens (primary N) is 1. The topological polar surface area (TPSA) is 111 Å². The van der Waals surface area contributed by atoms with Gasteiger partial charge in [0.2, 0.25) is 5.95 Å². The molecular weight excluding hydrogens is 433 g/mol. The van der Waals surface area contributed by atoms with Crippen LogP contribution < -0.4 is 11.1 Å². The molecule has 2 aliphatic rings. The molecule has 1 aliphatic heterocycles. The Morgan fingerprint density at radius 1 is 1.09 bits per heavy atom. The van der Waals surface area contributed by atoms with E-state index in [1.54, 1.807) is 11.0 Å². The number of hydrogen-bond donors (Lipinski definition) is 2. The highest BCUT2D eigenvalue weighted by atomic mass is 19.1. The van der Waals surface area contributed by atoms with E-state index in [4.69, 9.17) is 5.73 Å². The molecule has 180 valence electrons. The zero-order chi connectivity index (χ0) is 24.3. The monoisotopic (exact) mass is 465 g/mol. The van der Waals surface area contributed by atoms with Crippen molar-refractivity contribution in [1.29, 1.82) is 0 Å². The van der Waals surface area contributed by atoms with Gasteiger partial charge in [-0.1, -0.05) is 12.1 Å². The third-order valence-corrected chi connectivity index (χ3v) is 7.43. The second kappa shape index (κ2) is 7.97. The van der Waals surface area contributed by atoms with Crippen molar-refractivity contribution in [3.63, 3.8) is 0 Å². The number of halogens is 1. The predicted molar refractivity (Wildman–Crippen MR) is 129 cm³/mol. The number of nitrogens with zero attached hydrogens (tertiary/aromatic N) is 7. The Labute approximate surface area is 199 Å². The van der Waals surface area contributed by atoms with Crippen LogP contribution in [0.15, 0.2) is 24.5 Å². The fourth-order valence-electron chi connectivity index (χ4n) is 5.32. The van der Waals surface area contributed by atoms with Gasteiger partial charge in [-0.3, -0.25) is 4.90 Å². The number of likely N-dealkylation sites (tertiary alicyclic amines) is 1. The lowest BCUT2D eigenvalue weighted by molar-refractivity contribution is -0.00777. The van der Waals surface area contributed by atoms with Gasteiger partial charge < -0.3 is 11.1 Å². The molecule has 0 spiro atoms. The first-order valence-corrected chi connectivity index (χ1v) is 11.8. The summed E-state index contributed by atoms with van der Waals surface area (Å²) in [6, 6.07) is 5.82. The highest BCUT2D eigenvalue weighted by molar-refractivity contribution is 5.69. The Morgan fingerprint density at radius 2 is 1.79 bits per heavy atom. The lowest BCUT2D eigenvalue weighted by Crippen LogP contribution is -2.61. The van der Waals surface area contributed by atoms with Crippen molar-refractivity contribution in [1.82, 2.24) is 35.1 Å². The third-order valence-electron chi connectivity index (χ3n) is 7.43. The Bertz CT molecular complexity index is 1180. The van der Waals surface area contributed by atoms with E-state index in [-0.39, 0.29) is 34.6 Å². The maximum absolute atomic E-state index is 15.8. The first-order valence-electron chi connectivity index (χ1n) is 11.8. The first-order chi connectivity index (χ1) is 16.0. The van der Waals surface area contributed by atoms with E-state index < -0.39 is 5.82 Å². The van der Waals surface area contributed by atoms with Crippen molar-refractivity contribution in [3.05, 3.63) is 35.9 Å². The largest absolute Gasteiger partial charge is 0.368 e. The fourth-order valence-corrected chi connectivity index (χ4v) is 5.32. The van der Waals surface area contributed by atoms with Crippen LogP contribution in [0.25, 0.3) is 16.9 Å². The molecular formula is C24H32FN9. The van der Waals surface area contributed by atoms with Gasteiger partial charge in [0.1, 0.15) is 12.0 Å². The van der Waals surface area contributed by atoms with Crippen molar-refractivity contribution in [2.24, 2.45) is 0 Å². The van der Waals surface area contributed by atoms with Gasteiger partial charge in [0.15, 0.2) is 11.6 Å². The van der Waals surface area contributed by atoms with Gasteiger partial charge in [0.05, 0.1) is 5.69 Å². The van der Waals surface area contributed by atoms with Crippen LogP contribution in [-0.2, 0) is 0 Å². The van der Waals surface area contributed by atoms with Gasteiger partial charge in [0, 0.05) is 22.7 Å². The minimum absolute atomic E-state index is 0.0283. The third kappa shape index (κ3) is 4.11. The van der Waals surface area contributed by atoms with Crippen LogP contribution >= 0.6 is 0 Å². The second-order valence-electron chi connectivity index (χ2n) is 10.8. The van der Waals surface area contributed by atoms with E-state index in [0.29, 0.717) is 11.5 Å². The van der Waals surface area contributed by atoms with Gasteiger partial charge in [0.25, 0.3) is 0 Å². The molecule has 0 radical (unpaired) electrons. The van der Waals surface area contributed by atoms with Crippen LogP contribution in [0, 0.1) is 5.82 Å². The van der Waals surface area contributed by atoms with Crippen molar-refractivity contribution >= 4 is 11.8 Å². The van der Waals surface area contributed by atoms with E-state index in [2.05, 4.69) is 70.5 Å². The molecule has 1 aliphatic carbocycles. The standard InChI is InChI=1S/C24H32FN9/c1-23(2)11-16(12-24(3,4)33(23)5)28-21-19(25)20(29-22(26)30-21)15-8-9-17(14-6-7-14)18(10-15)34-13-27-31-32-34/h8-10,13-14,16H,6-7,11-12H2,1-5H3,(H3,26,28,29,30). The highest BCUT2D eigenvalue weighted by Crippen LogP contribution is 2.44. The number of piperidine rings is 1. The van der Waals surface area contributed by atoms with Crippen LogP contribution in [-0.4, -0.2) is 59.2 Å². The SMILES string of the molecule is CN1C(C)(C)CC(Nc2nc(N)nc(-c3ccc(C4CC4)c(-n4cnnn4)c3)c2F)CC1(C)C.